The van der Waals surface area contributed by atoms with Gasteiger partial charge in [-0.1, -0.05) is 0 Å². The van der Waals surface area contributed by atoms with Crippen molar-refractivity contribution in [3.63, 3.8) is 0 Å². The van der Waals surface area contributed by atoms with Gasteiger partial charge in [0, 0.05) is 0 Å². The van der Waals surface area contributed by atoms with Crippen LogP contribution in [0.15, 0.2) is 12.4 Å². The number of carbonyl (C=O) groups is 1. The standard InChI is InChI=1S/C13H14FN3O3/c1-2-19-13(18)9-5-15-17-6-11-10(16-12(9)17)4-3-8(14)7-20-11/h5-6,8H,2-4,7H2,1H3/t8-/m1/s1. The number of aryl methyl sites for hydroxylation is 1. The molecular weight excluding hydrogens is 265 g/mol. The number of carbonyl (C=O) groups excluding carboxylic acids is 1. The van der Waals surface area contributed by atoms with Crippen molar-refractivity contribution in [3.05, 3.63) is 23.7 Å². The summed E-state index contributed by atoms with van der Waals surface area (Å²) in [5, 5.41) is 4.06. The van der Waals surface area contributed by atoms with Crippen LogP contribution in [0.2, 0.25) is 0 Å². The van der Waals surface area contributed by atoms with Gasteiger partial charge in [0.15, 0.2) is 11.4 Å². The third kappa shape index (κ3) is 2.19. The lowest BCUT2D eigenvalue weighted by Crippen LogP contribution is -2.10. The van der Waals surface area contributed by atoms with Gasteiger partial charge in [-0.2, -0.15) is 5.10 Å². The maximum absolute atomic E-state index is 13.3. The van der Waals surface area contributed by atoms with Gasteiger partial charge in [0.2, 0.25) is 0 Å². The first-order valence-electron chi connectivity index (χ1n) is 6.50. The summed E-state index contributed by atoms with van der Waals surface area (Å²) in [5.41, 5.74) is 1.35. The number of nitrogens with zero attached hydrogens (tertiary/aromatic N) is 3. The molecule has 0 saturated carbocycles. The monoisotopic (exact) mass is 279 g/mol. The average Bonchev–Trinajstić information content (AvgIpc) is 2.76. The summed E-state index contributed by atoms with van der Waals surface area (Å²) in [5.74, 6) is 0.0454. The molecule has 0 amide bonds. The second-order valence-corrected chi connectivity index (χ2v) is 4.55. The zero-order chi connectivity index (χ0) is 14.1. The molecule has 0 fully saturated rings. The van der Waals surface area contributed by atoms with Crippen molar-refractivity contribution < 1.29 is 18.7 Å². The van der Waals surface area contributed by atoms with E-state index in [1.807, 2.05) is 0 Å². The Hall–Kier alpha value is -2.18. The molecule has 7 heteroatoms. The van der Waals surface area contributed by atoms with Gasteiger partial charge in [0.05, 0.1) is 24.7 Å². The van der Waals surface area contributed by atoms with E-state index < -0.39 is 12.1 Å². The average molecular weight is 279 g/mol. The highest BCUT2D eigenvalue weighted by Crippen LogP contribution is 2.25. The van der Waals surface area contributed by atoms with Crippen LogP contribution in [0.1, 0.15) is 29.4 Å². The van der Waals surface area contributed by atoms with Crippen LogP contribution in [-0.2, 0) is 11.2 Å². The Balaban J connectivity index is 2.04. The van der Waals surface area contributed by atoms with E-state index in [0.717, 1.165) is 0 Å². The maximum atomic E-state index is 13.3. The molecule has 0 N–H and O–H groups in total. The number of esters is 1. The third-order valence-corrected chi connectivity index (χ3v) is 3.14. The number of hydrogen-bond donors (Lipinski definition) is 0. The lowest BCUT2D eigenvalue weighted by atomic mass is 10.2. The molecule has 0 aromatic carbocycles. The van der Waals surface area contributed by atoms with E-state index in [-0.39, 0.29) is 13.2 Å². The Kier molecular flexibility index (Phi) is 3.25. The van der Waals surface area contributed by atoms with Crippen LogP contribution in [0.5, 0.6) is 5.75 Å². The van der Waals surface area contributed by atoms with Crippen LogP contribution in [0.25, 0.3) is 5.65 Å². The van der Waals surface area contributed by atoms with E-state index in [9.17, 15) is 9.18 Å². The molecule has 1 aliphatic rings. The lowest BCUT2D eigenvalue weighted by Gasteiger charge is -2.07. The van der Waals surface area contributed by atoms with Crippen molar-refractivity contribution in [2.45, 2.75) is 25.9 Å². The van der Waals surface area contributed by atoms with Gasteiger partial charge < -0.3 is 9.47 Å². The molecular formula is C13H14FN3O3. The summed E-state index contributed by atoms with van der Waals surface area (Å²) in [6, 6.07) is 0. The molecule has 1 atom stereocenters. The Morgan fingerprint density at radius 3 is 3.30 bits per heavy atom. The van der Waals surface area contributed by atoms with Crippen molar-refractivity contribution in [1.29, 1.82) is 0 Å². The molecule has 6 nitrogen and oxygen atoms in total. The summed E-state index contributed by atoms with van der Waals surface area (Å²) in [4.78, 5) is 16.2. The molecule has 2 aromatic rings. The predicted octanol–water partition coefficient (Wildman–Crippen LogP) is 1.57. The van der Waals surface area contributed by atoms with E-state index in [1.165, 1.54) is 10.7 Å². The fraction of sp³-hybridized carbons (Fsp3) is 0.462. The zero-order valence-electron chi connectivity index (χ0n) is 11.0. The molecule has 0 unspecified atom stereocenters. The summed E-state index contributed by atoms with van der Waals surface area (Å²) >= 11 is 0. The largest absolute Gasteiger partial charge is 0.487 e. The topological polar surface area (TPSA) is 65.7 Å². The highest BCUT2D eigenvalue weighted by Gasteiger charge is 2.21. The number of fused-ring (bicyclic) bond motifs is 2. The van der Waals surface area contributed by atoms with Crippen LogP contribution in [0, 0.1) is 0 Å². The van der Waals surface area contributed by atoms with Gasteiger partial charge in [0.1, 0.15) is 18.3 Å². The smallest absolute Gasteiger partial charge is 0.343 e. The van der Waals surface area contributed by atoms with E-state index in [0.29, 0.717) is 35.5 Å². The Bertz CT molecular complexity index is 656. The summed E-state index contributed by atoms with van der Waals surface area (Å²) in [6.07, 6.45) is 2.87. The van der Waals surface area contributed by atoms with Crippen LogP contribution >= 0.6 is 0 Å². The highest BCUT2D eigenvalue weighted by atomic mass is 19.1. The number of rotatable bonds is 2. The molecule has 3 rings (SSSR count). The zero-order valence-corrected chi connectivity index (χ0v) is 11.0. The van der Waals surface area contributed by atoms with Crippen molar-refractivity contribution in [1.82, 2.24) is 14.6 Å². The van der Waals surface area contributed by atoms with E-state index in [4.69, 9.17) is 9.47 Å². The van der Waals surface area contributed by atoms with Crippen LogP contribution in [-0.4, -0.2) is 40.0 Å². The molecule has 3 heterocycles. The van der Waals surface area contributed by atoms with Crippen LogP contribution < -0.4 is 4.74 Å². The number of ether oxygens (including phenoxy) is 2. The number of hydrogen-bond acceptors (Lipinski definition) is 5. The van der Waals surface area contributed by atoms with Gasteiger partial charge >= 0.3 is 5.97 Å². The van der Waals surface area contributed by atoms with Gasteiger partial charge in [-0.25, -0.2) is 18.7 Å². The molecule has 0 radical (unpaired) electrons. The van der Waals surface area contributed by atoms with E-state index in [2.05, 4.69) is 10.1 Å². The first kappa shape index (κ1) is 12.8. The second kappa shape index (κ2) is 5.07. The summed E-state index contributed by atoms with van der Waals surface area (Å²) in [6.45, 7) is 2.04. The minimum atomic E-state index is -0.999. The van der Waals surface area contributed by atoms with Gasteiger partial charge in [-0.3, -0.25) is 0 Å². The Morgan fingerprint density at radius 1 is 1.65 bits per heavy atom. The molecule has 1 aliphatic heterocycles. The fourth-order valence-corrected chi connectivity index (χ4v) is 2.14. The minimum Gasteiger partial charge on any atom is -0.487 e. The van der Waals surface area contributed by atoms with Gasteiger partial charge in [0.25, 0.3) is 0 Å². The summed E-state index contributed by atoms with van der Waals surface area (Å²) < 4.78 is 25.1. The molecule has 0 spiro atoms. The quantitative estimate of drug-likeness (QED) is 0.781. The Labute approximate surface area is 114 Å². The predicted molar refractivity (Wildman–Crippen MR) is 67.7 cm³/mol. The molecule has 0 aliphatic carbocycles. The van der Waals surface area contributed by atoms with Crippen LogP contribution in [0.4, 0.5) is 4.39 Å². The summed E-state index contributed by atoms with van der Waals surface area (Å²) in [7, 11) is 0. The lowest BCUT2D eigenvalue weighted by molar-refractivity contribution is 0.0528. The van der Waals surface area contributed by atoms with Crippen LogP contribution in [0.3, 0.4) is 0 Å². The molecule has 106 valence electrons. The molecule has 20 heavy (non-hydrogen) atoms. The third-order valence-electron chi connectivity index (χ3n) is 3.14. The fourth-order valence-electron chi connectivity index (χ4n) is 2.14. The molecule has 0 bridgehead atoms. The Morgan fingerprint density at radius 2 is 2.50 bits per heavy atom. The minimum absolute atomic E-state index is 0.0200. The van der Waals surface area contributed by atoms with Crippen molar-refractivity contribution in [3.8, 4) is 5.75 Å². The maximum Gasteiger partial charge on any atom is 0.343 e. The number of aromatic nitrogens is 3. The molecule has 2 aromatic heterocycles. The van der Waals surface area contributed by atoms with E-state index >= 15 is 0 Å². The van der Waals surface area contributed by atoms with E-state index in [1.54, 1.807) is 13.1 Å². The van der Waals surface area contributed by atoms with Crippen molar-refractivity contribution in [2.24, 2.45) is 0 Å². The van der Waals surface area contributed by atoms with Gasteiger partial charge in [-0.05, 0) is 19.8 Å². The number of alkyl halides is 1. The highest BCUT2D eigenvalue weighted by molar-refractivity contribution is 5.95. The number of halogens is 1. The molecule has 0 saturated heterocycles. The normalized spacial score (nSPS) is 18.2. The second-order valence-electron chi connectivity index (χ2n) is 4.55. The SMILES string of the molecule is CCOC(=O)c1cnn2cc3c(nc12)CC[C@@H](F)CO3. The van der Waals surface area contributed by atoms with Crippen molar-refractivity contribution in [2.75, 3.05) is 13.2 Å². The first-order chi connectivity index (χ1) is 9.69. The first-order valence-corrected chi connectivity index (χ1v) is 6.50. The van der Waals surface area contributed by atoms with Gasteiger partial charge in [-0.15, -0.1) is 0 Å². The van der Waals surface area contributed by atoms with Crippen molar-refractivity contribution >= 4 is 11.6 Å².